The summed E-state index contributed by atoms with van der Waals surface area (Å²) in [4.78, 5) is 16.8. The summed E-state index contributed by atoms with van der Waals surface area (Å²) in [6.45, 7) is 5.40. The van der Waals surface area contributed by atoms with Gasteiger partial charge in [0.2, 0.25) is 11.7 Å². The second-order valence-corrected chi connectivity index (χ2v) is 6.72. The fraction of sp³-hybridized carbons (Fsp3) is 0.211. The molecule has 0 aliphatic heterocycles. The van der Waals surface area contributed by atoms with E-state index in [0.717, 1.165) is 10.0 Å². The summed E-state index contributed by atoms with van der Waals surface area (Å²) in [5.41, 5.74) is 2.38. The number of hydrogen-bond donors (Lipinski definition) is 1. The summed E-state index contributed by atoms with van der Waals surface area (Å²) in [6.07, 6.45) is -0.686. The number of nitrogens with zero attached hydrogens (tertiary/aromatic N) is 2. The molecular weight excluding hydrogens is 398 g/mol. The largest absolute Gasteiger partial charge is 0.480 e. The number of hydrogen-bond acceptors (Lipinski definition) is 5. The molecule has 6 nitrogen and oxygen atoms in total. The second-order valence-electron chi connectivity index (χ2n) is 5.87. The smallest absolute Gasteiger partial charge is 0.265 e. The third kappa shape index (κ3) is 4.11. The van der Waals surface area contributed by atoms with E-state index in [-0.39, 0.29) is 5.91 Å². The zero-order valence-electron chi connectivity index (χ0n) is 14.6. The maximum Gasteiger partial charge on any atom is 0.265 e. The summed E-state index contributed by atoms with van der Waals surface area (Å²) in [5, 5.41) is 6.78. The highest BCUT2D eigenvalue weighted by molar-refractivity contribution is 9.10. The summed E-state index contributed by atoms with van der Waals surface area (Å²) < 4.78 is 11.6. The van der Waals surface area contributed by atoms with Gasteiger partial charge in [-0.05, 0) is 59.6 Å². The second kappa shape index (κ2) is 7.70. The highest BCUT2D eigenvalue weighted by Gasteiger charge is 2.19. The van der Waals surface area contributed by atoms with E-state index in [0.29, 0.717) is 28.7 Å². The number of ether oxygens (including phenoxy) is 1. The van der Waals surface area contributed by atoms with Crippen LogP contribution in [0.15, 0.2) is 51.5 Å². The molecule has 0 radical (unpaired) electrons. The van der Waals surface area contributed by atoms with E-state index in [1.807, 2.05) is 43.3 Å². The molecule has 134 valence electrons. The number of anilines is 1. The number of amides is 1. The molecule has 26 heavy (non-hydrogen) atoms. The van der Waals surface area contributed by atoms with Gasteiger partial charge in [-0.25, -0.2) is 0 Å². The van der Waals surface area contributed by atoms with Crippen LogP contribution in [-0.4, -0.2) is 22.2 Å². The molecular formula is C19H18BrN3O3. The molecule has 2 aromatic carbocycles. The number of nitrogens with one attached hydrogen (secondary N) is 1. The lowest BCUT2D eigenvalue weighted by atomic mass is 10.1. The third-order valence-corrected chi connectivity index (χ3v) is 4.33. The van der Waals surface area contributed by atoms with E-state index >= 15 is 0 Å². The summed E-state index contributed by atoms with van der Waals surface area (Å²) >= 11 is 3.45. The molecule has 1 heterocycles. The van der Waals surface area contributed by atoms with Crippen molar-refractivity contribution < 1.29 is 14.1 Å². The number of halogens is 1. The lowest BCUT2D eigenvalue weighted by Crippen LogP contribution is -2.30. The van der Waals surface area contributed by atoms with Gasteiger partial charge < -0.3 is 14.6 Å². The summed E-state index contributed by atoms with van der Waals surface area (Å²) in [5.74, 6) is 1.22. The van der Waals surface area contributed by atoms with Gasteiger partial charge in [-0.2, -0.15) is 4.98 Å². The molecule has 1 aromatic heterocycles. The van der Waals surface area contributed by atoms with Gasteiger partial charge >= 0.3 is 0 Å². The highest BCUT2D eigenvalue weighted by atomic mass is 79.9. The first-order valence-electron chi connectivity index (χ1n) is 8.07. The Morgan fingerprint density at radius 1 is 1.23 bits per heavy atom. The number of carbonyl (C=O) groups excluding carboxylic acids is 1. The normalized spacial score (nSPS) is 11.8. The van der Waals surface area contributed by atoms with Gasteiger partial charge in [0.15, 0.2) is 6.10 Å². The number of benzene rings is 2. The lowest BCUT2D eigenvalue weighted by Gasteiger charge is -2.17. The van der Waals surface area contributed by atoms with Gasteiger partial charge in [0.1, 0.15) is 5.75 Å². The fourth-order valence-corrected chi connectivity index (χ4v) is 2.96. The standard InChI is InChI=1S/C19H18BrN3O3/c1-11-8-9-17(15(20)10-11)25-12(2)19(24)22-16-7-5-4-6-14(16)18-21-13(3)26-23-18/h4-10,12H,1-3H3,(H,22,24). The highest BCUT2D eigenvalue weighted by Crippen LogP contribution is 2.28. The van der Waals surface area contributed by atoms with E-state index in [1.54, 1.807) is 19.9 Å². The van der Waals surface area contributed by atoms with Gasteiger partial charge in [-0.1, -0.05) is 23.4 Å². The zero-order chi connectivity index (χ0) is 18.7. The molecule has 1 N–H and O–H groups in total. The van der Waals surface area contributed by atoms with Crippen LogP contribution in [-0.2, 0) is 4.79 Å². The molecule has 0 aliphatic rings. The van der Waals surface area contributed by atoms with Crippen LogP contribution in [0.25, 0.3) is 11.4 Å². The van der Waals surface area contributed by atoms with Gasteiger partial charge in [0.25, 0.3) is 5.91 Å². The number of para-hydroxylation sites is 1. The topological polar surface area (TPSA) is 77.2 Å². The predicted octanol–water partition coefficient (Wildman–Crippen LogP) is 4.52. The van der Waals surface area contributed by atoms with E-state index < -0.39 is 6.10 Å². The summed E-state index contributed by atoms with van der Waals surface area (Å²) in [7, 11) is 0. The van der Waals surface area contributed by atoms with E-state index in [1.165, 1.54) is 0 Å². The molecule has 7 heteroatoms. The minimum absolute atomic E-state index is 0.273. The number of aromatic nitrogens is 2. The lowest BCUT2D eigenvalue weighted by molar-refractivity contribution is -0.122. The van der Waals surface area contributed by atoms with Crippen molar-refractivity contribution >= 4 is 27.5 Å². The molecule has 1 unspecified atom stereocenters. The van der Waals surface area contributed by atoms with Crippen molar-refractivity contribution in [1.29, 1.82) is 0 Å². The molecule has 0 saturated heterocycles. The Morgan fingerprint density at radius 3 is 2.69 bits per heavy atom. The minimum Gasteiger partial charge on any atom is -0.480 e. The van der Waals surface area contributed by atoms with Crippen molar-refractivity contribution in [1.82, 2.24) is 10.1 Å². The molecule has 1 atom stereocenters. The Hall–Kier alpha value is -2.67. The maximum atomic E-state index is 12.6. The molecule has 0 spiro atoms. The van der Waals surface area contributed by atoms with Crippen LogP contribution >= 0.6 is 15.9 Å². The molecule has 0 fully saturated rings. The first-order chi connectivity index (χ1) is 12.4. The van der Waals surface area contributed by atoms with E-state index in [9.17, 15) is 4.79 Å². The SMILES string of the molecule is Cc1ccc(OC(C)C(=O)Nc2ccccc2-c2noc(C)n2)c(Br)c1. The first-order valence-corrected chi connectivity index (χ1v) is 8.86. The number of aryl methyl sites for hydroxylation is 2. The molecule has 1 amide bonds. The van der Waals surface area contributed by atoms with Crippen LogP contribution in [0.3, 0.4) is 0 Å². The fourth-order valence-electron chi connectivity index (χ4n) is 2.38. The van der Waals surface area contributed by atoms with E-state index in [4.69, 9.17) is 9.26 Å². The third-order valence-electron chi connectivity index (χ3n) is 3.71. The predicted molar refractivity (Wildman–Crippen MR) is 102 cm³/mol. The van der Waals surface area contributed by atoms with Crippen LogP contribution in [0, 0.1) is 13.8 Å². The Labute approximate surface area is 159 Å². The van der Waals surface area contributed by atoms with Gasteiger partial charge in [-0.15, -0.1) is 0 Å². The maximum absolute atomic E-state index is 12.6. The average molecular weight is 416 g/mol. The quantitative estimate of drug-likeness (QED) is 0.662. The Kier molecular flexibility index (Phi) is 5.37. The van der Waals surface area contributed by atoms with Crippen molar-refractivity contribution in [3.63, 3.8) is 0 Å². The minimum atomic E-state index is -0.686. The first kappa shape index (κ1) is 18.1. The molecule has 0 saturated carbocycles. The van der Waals surface area contributed by atoms with Crippen LogP contribution in [0.2, 0.25) is 0 Å². The molecule has 3 rings (SSSR count). The molecule has 0 bridgehead atoms. The Balaban J connectivity index is 1.75. The Morgan fingerprint density at radius 2 is 2.00 bits per heavy atom. The monoisotopic (exact) mass is 415 g/mol. The van der Waals surface area contributed by atoms with Gasteiger partial charge in [0.05, 0.1) is 10.2 Å². The number of carbonyl (C=O) groups is 1. The Bertz CT molecular complexity index is 939. The van der Waals surface area contributed by atoms with Gasteiger partial charge in [-0.3, -0.25) is 4.79 Å². The molecule has 3 aromatic rings. The van der Waals surface area contributed by atoms with Crippen molar-refractivity contribution in [2.45, 2.75) is 26.9 Å². The van der Waals surface area contributed by atoms with Gasteiger partial charge in [0, 0.05) is 12.5 Å². The van der Waals surface area contributed by atoms with Crippen molar-refractivity contribution in [2.75, 3.05) is 5.32 Å². The van der Waals surface area contributed by atoms with Crippen LogP contribution in [0.5, 0.6) is 5.75 Å². The zero-order valence-corrected chi connectivity index (χ0v) is 16.2. The van der Waals surface area contributed by atoms with Crippen molar-refractivity contribution in [3.8, 4) is 17.1 Å². The van der Waals surface area contributed by atoms with E-state index in [2.05, 4.69) is 31.4 Å². The van der Waals surface area contributed by atoms with Crippen molar-refractivity contribution in [3.05, 3.63) is 58.4 Å². The summed E-state index contributed by atoms with van der Waals surface area (Å²) in [6, 6.07) is 13.0. The van der Waals surface area contributed by atoms with Crippen molar-refractivity contribution in [2.24, 2.45) is 0 Å². The van der Waals surface area contributed by atoms with Crippen LogP contribution < -0.4 is 10.1 Å². The average Bonchev–Trinajstić information content (AvgIpc) is 3.04. The van der Waals surface area contributed by atoms with Crippen LogP contribution in [0.1, 0.15) is 18.4 Å². The molecule has 0 aliphatic carbocycles. The number of rotatable bonds is 5. The van der Waals surface area contributed by atoms with Crippen LogP contribution in [0.4, 0.5) is 5.69 Å².